The van der Waals surface area contributed by atoms with E-state index in [1.165, 1.54) is 49.0 Å². The third-order valence-electron chi connectivity index (χ3n) is 9.94. The molecular weight excluding hydrogens is 546 g/mol. The number of fused-ring (bicyclic) bond motifs is 3. The van der Waals surface area contributed by atoms with Crippen molar-refractivity contribution in [3.8, 4) is 22.3 Å². The van der Waals surface area contributed by atoms with Crippen LogP contribution in [-0.4, -0.2) is 21.9 Å². The van der Waals surface area contributed by atoms with E-state index in [9.17, 15) is 0 Å². The van der Waals surface area contributed by atoms with Crippen molar-refractivity contribution >= 4 is 44.0 Å². The van der Waals surface area contributed by atoms with Crippen LogP contribution >= 0.6 is 0 Å². The standard InChI is InChI=1S/C42H35N3/c1-41(2)42(3,4)45(40(44-41)29-16-6-5-7-17-29)37-26-25-30(27-43-37)38-33-20-10-12-22-35(33)39(36-23-13-11-21-34(36)38)32-24-14-18-28-15-8-9-19-31(28)32/h5-27H,1-4H3. The maximum Gasteiger partial charge on any atom is 0.137 e. The minimum atomic E-state index is -0.289. The largest absolute Gasteiger partial charge is 0.303 e. The van der Waals surface area contributed by atoms with E-state index in [0.29, 0.717) is 0 Å². The molecule has 0 saturated carbocycles. The van der Waals surface area contributed by atoms with E-state index in [1.54, 1.807) is 0 Å². The van der Waals surface area contributed by atoms with Crippen molar-refractivity contribution in [1.82, 2.24) is 4.98 Å². The Hall–Kier alpha value is -5.28. The number of aromatic nitrogens is 1. The summed E-state index contributed by atoms with van der Waals surface area (Å²) < 4.78 is 0. The minimum absolute atomic E-state index is 0.272. The van der Waals surface area contributed by atoms with Gasteiger partial charge in [0.05, 0.1) is 11.1 Å². The summed E-state index contributed by atoms with van der Waals surface area (Å²) in [6.45, 7) is 8.93. The quantitative estimate of drug-likeness (QED) is 0.193. The molecule has 0 aliphatic carbocycles. The summed E-state index contributed by atoms with van der Waals surface area (Å²) in [5, 5.41) is 7.45. The van der Waals surface area contributed by atoms with Crippen LogP contribution in [0, 0.1) is 0 Å². The molecule has 45 heavy (non-hydrogen) atoms. The first-order valence-corrected chi connectivity index (χ1v) is 15.7. The lowest BCUT2D eigenvalue weighted by atomic mass is 9.83. The van der Waals surface area contributed by atoms with Gasteiger partial charge in [-0.25, -0.2) is 4.98 Å². The molecule has 3 nitrogen and oxygen atoms in total. The molecule has 6 aromatic carbocycles. The van der Waals surface area contributed by atoms with Gasteiger partial charge in [0.1, 0.15) is 11.7 Å². The first-order chi connectivity index (χ1) is 21.8. The second kappa shape index (κ2) is 10.1. The fourth-order valence-corrected chi connectivity index (χ4v) is 7.00. The number of hydrogen-bond acceptors (Lipinski definition) is 3. The molecule has 0 saturated heterocycles. The van der Waals surface area contributed by atoms with Crippen molar-refractivity contribution in [2.45, 2.75) is 38.8 Å². The summed E-state index contributed by atoms with van der Waals surface area (Å²) >= 11 is 0. The van der Waals surface area contributed by atoms with Crippen LogP contribution in [0.2, 0.25) is 0 Å². The number of amidine groups is 1. The topological polar surface area (TPSA) is 28.5 Å². The van der Waals surface area contributed by atoms with Crippen LogP contribution in [0.3, 0.4) is 0 Å². The van der Waals surface area contributed by atoms with Crippen LogP contribution in [0.4, 0.5) is 5.82 Å². The number of anilines is 1. The molecule has 218 valence electrons. The molecule has 0 bridgehead atoms. The second-order valence-corrected chi connectivity index (χ2v) is 13.0. The van der Waals surface area contributed by atoms with Gasteiger partial charge >= 0.3 is 0 Å². The van der Waals surface area contributed by atoms with Gasteiger partial charge in [-0.2, -0.15) is 0 Å². The van der Waals surface area contributed by atoms with Gasteiger partial charge in [0.15, 0.2) is 0 Å². The zero-order valence-electron chi connectivity index (χ0n) is 26.1. The molecule has 8 rings (SSSR count). The van der Waals surface area contributed by atoms with Gasteiger partial charge in [-0.15, -0.1) is 0 Å². The molecule has 0 atom stereocenters. The number of hydrogen-bond donors (Lipinski definition) is 0. The molecule has 1 aliphatic heterocycles. The predicted molar refractivity (Wildman–Crippen MR) is 191 cm³/mol. The number of pyridine rings is 1. The summed E-state index contributed by atoms with van der Waals surface area (Å²) in [7, 11) is 0. The maximum atomic E-state index is 5.23. The SMILES string of the molecule is CC1(C)N=C(c2ccccc2)N(c2ccc(-c3c4ccccc4c(-c4cccc5ccccc45)c4ccccc34)cn2)C1(C)C. The van der Waals surface area contributed by atoms with Crippen LogP contribution in [0.5, 0.6) is 0 Å². The Kier molecular flexibility index (Phi) is 6.15. The summed E-state index contributed by atoms with van der Waals surface area (Å²) in [5.74, 6) is 1.86. The highest BCUT2D eigenvalue weighted by molar-refractivity contribution is 6.23. The molecule has 0 spiro atoms. The highest BCUT2D eigenvalue weighted by atomic mass is 15.4. The van der Waals surface area contributed by atoms with E-state index < -0.39 is 0 Å². The summed E-state index contributed by atoms with van der Waals surface area (Å²) in [5.41, 5.74) is 5.38. The highest BCUT2D eigenvalue weighted by Crippen LogP contribution is 2.46. The van der Waals surface area contributed by atoms with Gasteiger partial charge < -0.3 is 4.90 Å². The normalized spacial score (nSPS) is 15.6. The van der Waals surface area contributed by atoms with Crippen molar-refractivity contribution in [1.29, 1.82) is 0 Å². The van der Waals surface area contributed by atoms with Gasteiger partial charge in [0.25, 0.3) is 0 Å². The Bertz CT molecular complexity index is 2200. The monoisotopic (exact) mass is 581 g/mol. The molecule has 0 unspecified atom stereocenters. The van der Waals surface area contributed by atoms with Crippen LogP contribution in [0.15, 0.2) is 145 Å². The van der Waals surface area contributed by atoms with Crippen molar-refractivity contribution in [3.63, 3.8) is 0 Å². The first-order valence-electron chi connectivity index (χ1n) is 15.7. The second-order valence-electron chi connectivity index (χ2n) is 13.0. The number of nitrogens with zero attached hydrogens (tertiary/aromatic N) is 3. The first kappa shape index (κ1) is 27.3. The average molecular weight is 582 g/mol. The van der Waals surface area contributed by atoms with E-state index in [1.807, 2.05) is 12.3 Å². The van der Waals surface area contributed by atoms with Gasteiger partial charge in [-0.05, 0) is 88.8 Å². The smallest absolute Gasteiger partial charge is 0.137 e. The highest BCUT2D eigenvalue weighted by Gasteiger charge is 2.50. The van der Waals surface area contributed by atoms with Gasteiger partial charge in [0.2, 0.25) is 0 Å². The Labute approximate surface area is 264 Å². The Morgan fingerprint density at radius 2 is 1.04 bits per heavy atom. The maximum absolute atomic E-state index is 5.23. The number of rotatable bonds is 4. The van der Waals surface area contributed by atoms with Crippen molar-refractivity contribution in [2.24, 2.45) is 4.99 Å². The molecule has 0 fully saturated rings. The fourth-order valence-electron chi connectivity index (χ4n) is 7.00. The molecule has 2 heterocycles. The summed E-state index contributed by atoms with van der Waals surface area (Å²) in [6, 6.07) is 47.8. The van der Waals surface area contributed by atoms with E-state index in [2.05, 4.69) is 160 Å². The van der Waals surface area contributed by atoms with E-state index in [-0.39, 0.29) is 11.1 Å². The zero-order valence-corrected chi connectivity index (χ0v) is 26.1. The lowest BCUT2D eigenvalue weighted by molar-refractivity contribution is 0.337. The van der Waals surface area contributed by atoms with Gasteiger partial charge in [-0.1, -0.05) is 121 Å². The van der Waals surface area contributed by atoms with E-state index in [0.717, 1.165) is 22.8 Å². The van der Waals surface area contributed by atoms with Crippen LogP contribution in [0.1, 0.15) is 33.3 Å². The third-order valence-corrected chi connectivity index (χ3v) is 9.94. The van der Waals surface area contributed by atoms with E-state index >= 15 is 0 Å². The van der Waals surface area contributed by atoms with E-state index in [4.69, 9.17) is 9.98 Å². The zero-order chi connectivity index (χ0) is 30.8. The predicted octanol–water partition coefficient (Wildman–Crippen LogP) is 10.7. The Morgan fingerprint density at radius 1 is 0.489 bits per heavy atom. The van der Waals surface area contributed by atoms with Crippen LogP contribution < -0.4 is 4.90 Å². The molecule has 1 aliphatic rings. The molecule has 0 N–H and O–H groups in total. The van der Waals surface area contributed by atoms with Crippen molar-refractivity contribution < 1.29 is 0 Å². The lowest BCUT2D eigenvalue weighted by Crippen LogP contribution is -2.53. The van der Waals surface area contributed by atoms with Gasteiger partial charge in [-0.3, -0.25) is 4.99 Å². The van der Waals surface area contributed by atoms with Crippen LogP contribution in [-0.2, 0) is 0 Å². The third kappa shape index (κ3) is 4.18. The van der Waals surface area contributed by atoms with Gasteiger partial charge in [0, 0.05) is 17.3 Å². The Balaban J connectivity index is 1.33. The van der Waals surface area contributed by atoms with Crippen molar-refractivity contribution in [3.05, 3.63) is 145 Å². The fraction of sp³-hybridized carbons (Fsp3) is 0.143. The molecule has 7 aromatic rings. The van der Waals surface area contributed by atoms with Crippen LogP contribution in [0.25, 0.3) is 54.6 Å². The molecular formula is C42H35N3. The number of aliphatic imine (C=N–C) groups is 1. The Morgan fingerprint density at radius 3 is 1.67 bits per heavy atom. The molecule has 0 radical (unpaired) electrons. The molecule has 3 heteroatoms. The molecule has 1 aromatic heterocycles. The number of benzene rings is 6. The van der Waals surface area contributed by atoms with Crippen molar-refractivity contribution in [2.75, 3.05) is 4.90 Å². The summed E-state index contributed by atoms with van der Waals surface area (Å²) in [6.07, 6.45) is 2.05. The minimum Gasteiger partial charge on any atom is -0.303 e. The lowest BCUT2D eigenvalue weighted by Gasteiger charge is -2.40. The average Bonchev–Trinajstić information content (AvgIpc) is 3.27. The summed E-state index contributed by atoms with van der Waals surface area (Å²) in [4.78, 5) is 12.7. The molecule has 0 amide bonds.